The molecule has 1 heterocycles. The summed E-state index contributed by atoms with van der Waals surface area (Å²) in [6.45, 7) is 0.684. The first-order valence-corrected chi connectivity index (χ1v) is 6.21. The van der Waals surface area contributed by atoms with Crippen molar-refractivity contribution in [1.82, 2.24) is 0 Å². The second kappa shape index (κ2) is 5.21. The van der Waals surface area contributed by atoms with Crippen LogP contribution in [0.3, 0.4) is 0 Å². The second-order valence-corrected chi connectivity index (χ2v) is 4.90. The molecule has 0 radical (unpaired) electrons. The number of carboxylic acid groups (broad SMARTS) is 1. The maximum Gasteiger partial charge on any atom is 0.335 e. The summed E-state index contributed by atoms with van der Waals surface area (Å²) in [5.41, 5.74) is 1.18. The largest absolute Gasteiger partial charge is 0.478 e. The number of carboxylic acids is 1. The molecule has 0 aliphatic heterocycles. The molecule has 0 fully saturated rings. The monoisotopic (exact) mass is 267 g/mol. The predicted molar refractivity (Wildman–Crippen MR) is 70.1 cm³/mol. The van der Waals surface area contributed by atoms with Crippen molar-refractivity contribution in [3.8, 4) is 0 Å². The minimum atomic E-state index is -0.915. The van der Waals surface area contributed by atoms with Gasteiger partial charge < -0.3 is 10.4 Å². The molecule has 0 spiro atoms. The number of carbonyl (C=O) groups is 1. The molecule has 3 nitrogen and oxygen atoms in total. The van der Waals surface area contributed by atoms with Crippen LogP contribution in [0.5, 0.6) is 0 Å². The Morgan fingerprint density at radius 1 is 1.35 bits per heavy atom. The average Bonchev–Trinajstić information content (AvgIpc) is 2.73. The second-order valence-electron chi connectivity index (χ2n) is 3.47. The highest BCUT2D eigenvalue weighted by Crippen LogP contribution is 2.20. The highest BCUT2D eigenvalue weighted by atomic mass is 35.5. The molecule has 2 aromatic rings. The Balaban J connectivity index is 1.97. The zero-order valence-electron chi connectivity index (χ0n) is 8.81. The van der Waals surface area contributed by atoms with E-state index in [2.05, 4.69) is 5.32 Å². The Bertz CT molecular complexity index is 522. The zero-order valence-corrected chi connectivity index (χ0v) is 10.4. The summed E-state index contributed by atoms with van der Waals surface area (Å²) in [7, 11) is 0. The third-order valence-corrected chi connectivity index (χ3v) is 3.50. The first kappa shape index (κ1) is 12.0. The minimum absolute atomic E-state index is 0.287. The van der Waals surface area contributed by atoms with Gasteiger partial charge in [0.1, 0.15) is 0 Å². The van der Waals surface area contributed by atoms with Gasteiger partial charge in [0.15, 0.2) is 0 Å². The van der Waals surface area contributed by atoms with Crippen LogP contribution in [0.25, 0.3) is 0 Å². The fraction of sp³-hybridized carbons (Fsp3) is 0.0833. The van der Waals surface area contributed by atoms with Gasteiger partial charge >= 0.3 is 5.97 Å². The van der Waals surface area contributed by atoms with Crippen LogP contribution in [0.1, 0.15) is 15.2 Å². The number of hydrogen-bond donors (Lipinski definition) is 2. The van der Waals surface area contributed by atoms with Crippen LogP contribution in [0.4, 0.5) is 5.69 Å². The number of halogens is 1. The van der Waals surface area contributed by atoms with Gasteiger partial charge in [-0.2, -0.15) is 0 Å². The topological polar surface area (TPSA) is 49.3 Å². The molecular weight excluding hydrogens is 258 g/mol. The van der Waals surface area contributed by atoms with E-state index < -0.39 is 5.97 Å². The van der Waals surface area contributed by atoms with Crippen LogP contribution in [-0.4, -0.2) is 11.1 Å². The number of rotatable bonds is 4. The van der Waals surface area contributed by atoms with Crippen LogP contribution in [-0.2, 0) is 6.54 Å². The predicted octanol–water partition coefficient (Wildman–Crippen LogP) is 3.71. The van der Waals surface area contributed by atoms with Gasteiger partial charge in [0.2, 0.25) is 0 Å². The van der Waals surface area contributed by atoms with E-state index in [9.17, 15) is 4.79 Å². The van der Waals surface area contributed by atoms with E-state index in [4.69, 9.17) is 16.7 Å². The van der Waals surface area contributed by atoms with E-state index in [0.29, 0.717) is 6.54 Å². The molecular formula is C12H10ClNO2S. The molecule has 0 bridgehead atoms. The van der Waals surface area contributed by atoms with Crippen LogP contribution < -0.4 is 5.32 Å². The molecule has 2 rings (SSSR count). The Morgan fingerprint density at radius 2 is 2.06 bits per heavy atom. The van der Waals surface area contributed by atoms with Gasteiger partial charge in [-0.3, -0.25) is 0 Å². The lowest BCUT2D eigenvalue weighted by molar-refractivity contribution is 0.0697. The van der Waals surface area contributed by atoms with Crippen molar-refractivity contribution in [2.75, 3.05) is 5.32 Å². The lowest BCUT2D eigenvalue weighted by Gasteiger charge is -2.04. The molecule has 1 aromatic heterocycles. The van der Waals surface area contributed by atoms with Gasteiger partial charge in [0.05, 0.1) is 10.6 Å². The lowest BCUT2D eigenvalue weighted by atomic mass is 10.2. The summed E-state index contributed by atoms with van der Waals surface area (Å²) < 4.78 is 0. The standard InChI is InChI=1S/C12H10ClNO2S/c13-9-5-11(17-7-9)6-14-10-3-1-8(2-4-10)12(15)16/h1-5,7,14H,6H2,(H,15,16). The molecule has 1 aromatic carbocycles. The summed E-state index contributed by atoms with van der Waals surface area (Å²) in [4.78, 5) is 11.8. The molecule has 0 aliphatic carbocycles. The summed E-state index contributed by atoms with van der Waals surface area (Å²) in [5.74, 6) is -0.915. The molecule has 0 aliphatic rings. The molecule has 0 saturated carbocycles. The van der Waals surface area contributed by atoms with Crippen molar-refractivity contribution in [3.05, 3.63) is 51.2 Å². The first-order chi connectivity index (χ1) is 8.15. The van der Waals surface area contributed by atoms with Gasteiger partial charge in [-0.1, -0.05) is 11.6 Å². The van der Waals surface area contributed by atoms with E-state index in [0.717, 1.165) is 15.6 Å². The first-order valence-electron chi connectivity index (χ1n) is 4.95. The maximum absolute atomic E-state index is 10.7. The van der Waals surface area contributed by atoms with Crippen molar-refractivity contribution >= 4 is 34.6 Å². The highest BCUT2D eigenvalue weighted by Gasteiger charge is 2.02. The van der Waals surface area contributed by atoms with E-state index in [1.807, 2.05) is 11.4 Å². The van der Waals surface area contributed by atoms with Gasteiger partial charge in [-0.15, -0.1) is 11.3 Å². The summed E-state index contributed by atoms with van der Waals surface area (Å²) in [6.07, 6.45) is 0. The molecule has 0 saturated heterocycles. The Hall–Kier alpha value is -1.52. The van der Waals surface area contributed by atoms with E-state index in [-0.39, 0.29) is 5.56 Å². The molecule has 0 unspecified atom stereocenters. The third-order valence-electron chi connectivity index (χ3n) is 2.22. The fourth-order valence-electron chi connectivity index (χ4n) is 1.37. The molecule has 2 N–H and O–H groups in total. The number of thiophene rings is 1. The van der Waals surface area contributed by atoms with Crippen molar-refractivity contribution in [2.45, 2.75) is 6.54 Å². The van der Waals surface area contributed by atoms with Crippen LogP contribution in [0, 0.1) is 0 Å². The van der Waals surface area contributed by atoms with Crippen molar-refractivity contribution in [2.24, 2.45) is 0 Å². The highest BCUT2D eigenvalue weighted by molar-refractivity contribution is 7.10. The normalized spacial score (nSPS) is 10.2. The number of anilines is 1. The number of nitrogens with one attached hydrogen (secondary N) is 1. The average molecular weight is 268 g/mol. The fourth-order valence-corrected chi connectivity index (χ4v) is 2.38. The van der Waals surface area contributed by atoms with Gasteiger partial charge in [-0.25, -0.2) is 4.79 Å². The van der Waals surface area contributed by atoms with Crippen molar-refractivity contribution in [1.29, 1.82) is 0 Å². The smallest absolute Gasteiger partial charge is 0.335 e. The maximum atomic E-state index is 10.7. The third kappa shape index (κ3) is 3.22. The lowest BCUT2D eigenvalue weighted by Crippen LogP contribution is -1.99. The van der Waals surface area contributed by atoms with Gasteiger partial charge in [0.25, 0.3) is 0 Å². The van der Waals surface area contributed by atoms with Crippen molar-refractivity contribution < 1.29 is 9.90 Å². The van der Waals surface area contributed by atoms with Gasteiger partial charge in [0, 0.05) is 22.5 Å². The molecule has 5 heteroatoms. The summed E-state index contributed by atoms with van der Waals surface area (Å²) in [5, 5.41) is 14.6. The summed E-state index contributed by atoms with van der Waals surface area (Å²) in [6, 6.07) is 8.56. The Labute approximate surface area is 108 Å². The molecule has 17 heavy (non-hydrogen) atoms. The van der Waals surface area contributed by atoms with E-state index >= 15 is 0 Å². The van der Waals surface area contributed by atoms with E-state index in [1.54, 1.807) is 35.6 Å². The number of hydrogen-bond acceptors (Lipinski definition) is 3. The number of aromatic carboxylic acids is 1. The Morgan fingerprint density at radius 3 is 2.59 bits per heavy atom. The SMILES string of the molecule is O=C(O)c1ccc(NCc2cc(Cl)cs2)cc1. The van der Waals surface area contributed by atoms with Crippen LogP contribution in [0.2, 0.25) is 5.02 Å². The quantitative estimate of drug-likeness (QED) is 0.888. The Kier molecular flexibility index (Phi) is 3.66. The molecule has 0 amide bonds. The molecule has 0 atom stereocenters. The zero-order chi connectivity index (χ0) is 12.3. The number of benzene rings is 1. The summed E-state index contributed by atoms with van der Waals surface area (Å²) >= 11 is 7.40. The van der Waals surface area contributed by atoms with Crippen molar-refractivity contribution in [3.63, 3.8) is 0 Å². The van der Waals surface area contributed by atoms with Crippen LogP contribution in [0.15, 0.2) is 35.7 Å². The van der Waals surface area contributed by atoms with Crippen LogP contribution >= 0.6 is 22.9 Å². The minimum Gasteiger partial charge on any atom is -0.478 e. The molecule has 88 valence electrons. The van der Waals surface area contributed by atoms with Gasteiger partial charge in [-0.05, 0) is 30.3 Å². The van der Waals surface area contributed by atoms with E-state index in [1.165, 1.54) is 0 Å².